The predicted octanol–water partition coefficient (Wildman–Crippen LogP) is 5.50. The van der Waals surface area contributed by atoms with Crippen LogP contribution in [-0.2, 0) is 5.75 Å². The second-order valence-electron chi connectivity index (χ2n) is 5.88. The van der Waals surface area contributed by atoms with Gasteiger partial charge in [-0.25, -0.2) is 9.37 Å². The summed E-state index contributed by atoms with van der Waals surface area (Å²) in [6, 6.07) is 14.5. The van der Waals surface area contributed by atoms with Gasteiger partial charge in [0.1, 0.15) is 27.8 Å². The molecule has 2 heterocycles. The first-order valence-electron chi connectivity index (χ1n) is 8.30. The number of thioether (sulfide) groups is 1. The van der Waals surface area contributed by atoms with Crippen molar-refractivity contribution in [3.05, 3.63) is 64.9 Å². The van der Waals surface area contributed by atoms with Gasteiger partial charge in [0.05, 0.1) is 16.8 Å². The van der Waals surface area contributed by atoms with E-state index < -0.39 is 0 Å². The van der Waals surface area contributed by atoms with Crippen molar-refractivity contribution in [2.24, 2.45) is 0 Å². The van der Waals surface area contributed by atoms with Crippen LogP contribution in [0.15, 0.2) is 53.6 Å². The monoisotopic (exact) mass is 397 g/mol. The average Bonchev–Trinajstić information content (AvgIpc) is 3.08. The van der Waals surface area contributed by atoms with Gasteiger partial charge in [-0.05, 0) is 30.7 Å². The molecular weight excluding hydrogens is 381 g/mol. The minimum absolute atomic E-state index is 0.211. The Morgan fingerprint density at radius 2 is 1.96 bits per heavy atom. The topological polar surface area (TPSA) is 47.9 Å². The van der Waals surface area contributed by atoms with Gasteiger partial charge in [0.2, 0.25) is 0 Å². The molecule has 0 aliphatic rings. The third-order valence-corrected chi connectivity index (χ3v) is 6.04. The molecule has 0 unspecified atom stereocenters. The zero-order chi connectivity index (χ0) is 18.8. The molecule has 0 bridgehead atoms. The van der Waals surface area contributed by atoms with Gasteiger partial charge in [-0.1, -0.05) is 42.1 Å². The van der Waals surface area contributed by atoms with Crippen LogP contribution in [0.2, 0.25) is 0 Å². The Hall–Kier alpha value is -2.51. The van der Waals surface area contributed by atoms with Gasteiger partial charge in [-0.2, -0.15) is 0 Å². The molecule has 0 atom stereocenters. The number of rotatable bonds is 5. The van der Waals surface area contributed by atoms with E-state index in [1.54, 1.807) is 30.6 Å². The van der Waals surface area contributed by atoms with Crippen LogP contribution in [-0.4, -0.2) is 22.3 Å². The molecule has 2 aromatic heterocycles. The first-order chi connectivity index (χ1) is 13.2. The number of nitrogens with zero attached hydrogens (tertiary/aromatic N) is 3. The number of ether oxygens (including phenoxy) is 1. The number of aryl methyl sites for hydroxylation is 1. The molecule has 0 fully saturated rings. The molecular formula is C20H16FN3OS2. The third-order valence-electron chi connectivity index (χ3n) is 4.06. The molecule has 7 heteroatoms. The van der Waals surface area contributed by atoms with E-state index in [1.807, 2.05) is 37.3 Å². The van der Waals surface area contributed by atoms with Gasteiger partial charge in [0.15, 0.2) is 0 Å². The van der Waals surface area contributed by atoms with Gasteiger partial charge >= 0.3 is 0 Å². The molecule has 2 aromatic carbocycles. The predicted molar refractivity (Wildman–Crippen MR) is 108 cm³/mol. The average molecular weight is 398 g/mol. The number of halogens is 1. The van der Waals surface area contributed by atoms with E-state index in [0.29, 0.717) is 16.3 Å². The molecule has 4 aromatic rings. The summed E-state index contributed by atoms with van der Waals surface area (Å²) in [7, 11) is 1.64. The molecule has 0 saturated heterocycles. The van der Waals surface area contributed by atoms with E-state index in [4.69, 9.17) is 4.74 Å². The van der Waals surface area contributed by atoms with E-state index in [-0.39, 0.29) is 5.82 Å². The second-order valence-corrected chi connectivity index (χ2v) is 8.04. The lowest BCUT2D eigenvalue weighted by molar-refractivity contribution is 0.415. The molecule has 0 aliphatic heterocycles. The molecule has 27 heavy (non-hydrogen) atoms. The SMILES string of the molecule is COc1cccc(-c2nnc(SCc3ccccc3F)c3nc(C)sc23)c1. The summed E-state index contributed by atoms with van der Waals surface area (Å²) in [5.74, 6) is 1.03. The molecule has 0 aliphatic carbocycles. The fourth-order valence-electron chi connectivity index (χ4n) is 2.74. The van der Waals surface area contributed by atoms with Gasteiger partial charge in [0, 0.05) is 11.3 Å². The second kappa shape index (κ2) is 7.62. The number of aromatic nitrogens is 3. The van der Waals surface area contributed by atoms with Crippen LogP contribution in [0, 0.1) is 12.7 Å². The molecule has 136 valence electrons. The van der Waals surface area contributed by atoms with E-state index >= 15 is 0 Å². The third kappa shape index (κ3) is 3.65. The van der Waals surface area contributed by atoms with Crippen LogP contribution >= 0.6 is 23.1 Å². The standard InChI is InChI=1S/C20H16FN3OS2/c1-12-22-18-19(27-12)17(13-7-5-8-15(10-13)25-2)23-24-20(18)26-11-14-6-3-4-9-16(14)21/h3-10H,11H2,1-2H3. The van der Waals surface area contributed by atoms with E-state index in [1.165, 1.54) is 17.8 Å². The lowest BCUT2D eigenvalue weighted by atomic mass is 10.1. The highest BCUT2D eigenvalue weighted by Gasteiger charge is 2.16. The number of benzene rings is 2. The Balaban J connectivity index is 1.73. The Morgan fingerprint density at radius 3 is 2.78 bits per heavy atom. The van der Waals surface area contributed by atoms with E-state index in [2.05, 4.69) is 15.2 Å². The van der Waals surface area contributed by atoms with Crippen LogP contribution in [0.25, 0.3) is 21.5 Å². The smallest absolute Gasteiger partial charge is 0.146 e. The minimum atomic E-state index is -0.211. The van der Waals surface area contributed by atoms with Crippen LogP contribution in [0.3, 0.4) is 0 Å². The van der Waals surface area contributed by atoms with Gasteiger partial charge in [-0.15, -0.1) is 21.5 Å². The van der Waals surface area contributed by atoms with Crippen LogP contribution in [0.5, 0.6) is 5.75 Å². The highest BCUT2D eigenvalue weighted by Crippen LogP contribution is 2.37. The molecule has 0 saturated carbocycles. The van der Waals surface area contributed by atoms with Crippen molar-refractivity contribution in [2.75, 3.05) is 7.11 Å². The molecule has 0 amide bonds. The largest absolute Gasteiger partial charge is 0.497 e. The normalized spacial score (nSPS) is 11.1. The zero-order valence-electron chi connectivity index (χ0n) is 14.8. The molecule has 4 nitrogen and oxygen atoms in total. The minimum Gasteiger partial charge on any atom is -0.497 e. The highest BCUT2D eigenvalue weighted by molar-refractivity contribution is 7.98. The number of thiazole rings is 1. The lowest BCUT2D eigenvalue weighted by Crippen LogP contribution is -1.94. The Bertz CT molecular complexity index is 1110. The fraction of sp³-hybridized carbons (Fsp3) is 0.150. The summed E-state index contributed by atoms with van der Waals surface area (Å²) in [6.45, 7) is 1.96. The van der Waals surface area contributed by atoms with E-state index in [0.717, 1.165) is 32.2 Å². The lowest BCUT2D eigenvalue weighted by Gasteiger charge is -2.07. The van der Waals surface area contributed by atoms with Crippen LogP contribution in [0.4, 0.5) is 4.39 Å². The van der Waals surface area contributed by atoms with Crippen LogP contribution in [0.1, 0.15) is 10.6 Å². The highest BCUT2D eigenvalue weighted by atomic mass is 32.2. The van der Waals surface area contributed by atoms with Crippen molar-refractivity contribution in [1.29, 1.82) is 0 Å². The summed E-state index contributed by atoms with van der Waals surface area (Å²) in [6.07, 6.45) is 0. The number of methoxy groups -OCH3 is 1. The zero-order valence-corrected chi connectivity index (χ0v) is 16.4. The van der Waals surface area contributed by atoms with E-state index in [9.17, 15) is 4.39 Å². The summed E-state index contributed by atoms with van der Waals surface area (Å²) in [4.78, 5) is 4.65. The Kier molecular flexibility index (Phi) is 5.05. The quantitative estimate of drug-likeness (QED) is 0.416. The maximum absolute atomic E-state index is 13.9. The number of fused-ring (bicyclic) bond motifs is 1. The van der Waals surface area contributed by atoms with Crippen LogP contribution < -0.4 is 4.74 Å². The van der Waals surface area contributed by atoms with Gasteiger partial charge in [0.25, 0.3) is 0 Å². The summed E-state index contributed by atoms with van der Waals surface area (Å²) in [5.41, 5.74) is 3.17. The first kappa shape index (κ1) is 17.9. The summed E-state index contributed by atoms with van der Waals surface area (Å²) < 4.78 is 20.2. The summed E-state index contributed by atoms with van der Waals surface area (Å²) >= 11 is 3.03. The van der Waals surface area contributed by atoms with Crippen molar-refractivity contribution in [1.82, 2.24) is 15.2 Å². The van der Waals surface area contributed by atoms with Crippen molar-refractivity contribution in [2.45, 2.75) is 17.7 Å². The van der Waals surface area contributed by atoms with Crippen molar-refractivity contribution in [3.8, 4) is 17.0 Å². The number of hydrogen-bond donors (Lipinski definition) is 0. The Morgan fingerprint density at radius 1 is 1.11 bits per heavy atom. The van der Waals surface area contributed by atoms with Gasteiger partial charge in [-0.3, -0.25) is 0 Å². The molecule has 4 rings (SSSR count). The molecule has 0 radical (unpaired) electrons. The number of hydrogen-bond acceptors (Lipinski definition) is 6. The fourth-order valence-corrected chi connectivity index (χ4v) is 4.64. The molecule has 0 N–H and O–H groups in total. The maximum atomic E-state index is 13.9. The van der Waals surface area contributed by atoms with Crippen molar-refractivity contribution >= 4 is 33.3 Å². The maximum Gasteiger partial charge on any atom is 0.146 e. The Labute approximate surface area is 164 Å². The van der Waals surface area contributed by atoms with Crippen molar-refractivity contribution < 1.29 is 9.13 Å². The summed E-state index contributed by atoms with van der Waals surface area (Å²) in [5, 5.41) is 10.5. The van der Waals surface area contributed by atoms with Crippen molar-refractivity contribution in [3.63, 3.8) is 0 Å². The molecule has 0 spiro atoms. The van der Waals surface area contributed by atoms with Gasteiger partial charge < -0.3 is 4.74 Å². The first-order valence-corrected chi connectivity index (χ1v) is 10.1.